The van der Waals surface area contributed by atoms with Gasteiger partial charge in [0.1, 0.15) is 0 Å². The molecule has 0 radical (unpaired) electrons. The maximum absolute atomic E-state index is 12.6. The van der Waals surface area contributed by atoms with E-state index < -0.39 is 0 Å². The van der Waals surface area contributed by atoms with E-state index in [2.05, 4.69) is 12.1 Å². The second kappa shape index (κ2) is 10.1. The van der Waals surface area contributed by atoms with E-state index in [0.717, 1.165) is 52.0 Å². The first-order valence-electron chi connectivity index (χ1n) is 9.01. The van der Waals surface area contributed by atoms with Gasteiger partial charge in [-0.25, -0.2) is 0 Å². The van der Waals surface area contributed by atoms with Gasteiger partial charge in [-0.1, -0.05) is 30.3 Å². The minimum Gasteiger partial charge on any atom is -0.381 e. The van der Waals surface area contributed by atoms with E-state index in [9.17, 15) is 4.79 Å². The van der Waals surface area contributed by atoms with E-state index >= 15 is 0 Å². The molecule has 1 aromatic carbocycles. The molecular weight excluding hydrogens is 340 g/mol. The number of nitrogens with zero attached hydrogens (tertiary/aromatic N) is 1. The number of benzene rings is 1. The van der Waals surface area contributed by atoms with E-state index in [-0.39, 0.29) is 36.4 Å². The maximum atomic E-state index is 12.6. The van der Waals surface area contributed by atoms with Crippen molar-refractivity contribution in [2.75, 3.05) is 26.3 Å². The molecule has 2 saturated heterocycles. The normalized spacial score (nSPS) is 20.8. The van der Waals surface area contributed by atoms with E-state index in [1.54, 1.807) is 0 Å². The predicted molar refractivity (Wildman–Crippen MR) is 99.6 cm³/mol. The van der Waals surface area contributed by atoms with Crippen LogP contribution in [0.4, 0.5) is 0 Å². The lowest BCUT2D eigenvalue weighted by Crippen LogP contribution is -2.51. The van der Waals surface area contributed by atoms with Crippen LogP contribution in [0.3, 0.4) is 0 Å². The van der Waals surface area contributed by atoms with Gasteiger partial charge in [0.05, 0.1) is 18.8 Å². The summed E-state index contributed by atoms with van der Waals surface area (Å²) in [5, 5.41) is 0. The summed E-state index contributed by atoms with van der Waals surface area (Å²) < 4.78 is 11.3. The van der Waals surface area contributed by atoms with Crippen LogP contribution in [0, 0.1) is 5.92 Å². The molecule has 5 nitrogen and oxygen atoms in total. The number of ether oxygens (including phenoxy) is 2. The number of hydrogen-bond acceptors (Lipinski definition) is 4. The number of rotatable bonds is 5. The molecule has 0 spiro atoms. The second-order valence-corrected chi connectivity index (χ2v) is 6.80. The third-order valence-electron chi connectivity index (χ3n) is 5.14. The zero-order chi connectivity index (χ0) is 16.8. The smallest absolute Gasteiger partial charge is 0.239 e. The number of piperidine rings is 1. The summed E-state index contributed by atoms with van der Waals surface area (Å²) in [4.78, 5) is 14.5. The molecule has 3 rings (SSSR count). The fourth-order valence-electron chi connectivity index (χ4n) is 3.52. The Kier molecular flexibility index (Phi) is 8.16. The van der Waals surface area contributed by atoms with Crippen LogP contribution < -0.4 is 5.73 Å². The lowest BCUT2D eigenvalue weighted by Gasteiger charge is -2.36. The Morgan fingerprint density at radius 1 is 1.16 bits per heavy atom. The summed E-state index contributed by atoms with van der Waals surface area (Å²) in [6, 6.07) is 9.83. The van der Waals surface area contributed by atoms with Gasteiger partial charge in [-0.05, 0) is 37.2 Å². The molecule has 1 atom stereocenters. The summed E-state index contributed by atoms with van der Waals surface area (Å²) in [5.41, 5.74) is 7.41. The molecular formula is C19H29ClN2O3. The van der Waals surface area contributed by atoms with Crippen molar-refractivity contribution in [2.24, 2.45) is 11.7 Å². The van der Waals surface area contributed by atoms with E-state index in [1.807, 2.05) is 23.1 Å². The van der Waals surface area contributed by atoms with Gasteiger partial charge in [0, 0.05) is 26.3 Å². The second-order valence-electron chi connectivity index (χ2n) is 6.80. The molecule has 1 amide bonds. The van der Waals surface area contributed by atoms with Crippen molar-refractivity contribution in [1.29, 1.82) is 0 Å². The number of hydrogen-bond donors (Lipinski definition) is 1. The van der Waals surface area contributed by atoms with Gasteiger partial charge in [-0.15, -0.1) is 12.4 Å². The molecule has 2 heterocycles. The van der Waals surface area contributed by atoms with E-state index in [0.29, 0.717) is 6.61 Å². The van der Waals surface area contributed by atoms with Crippen LogP contribution in [0.15, 0.2) is 30.3 Å². The van der Waals surface area contributed by atoms with Gasteiger partial charge in [0.25, 0.3) is 0 Å². The number of halogens is 1. The van der Waals surface area contributed by atoms with Crippen LogP contribution in [0.25, 0.3) is 0 Å². The van der Waals surface area contributed by atoms with Crippen LogP contribution in [-0.2, 0) is 20.9 Å². The largest absolute Gasteiger partial charge is 0.381 e. The number of amides is 1. The minimum atomic E-state index is -0.379. The maximum Gasteiger partial charge on any atom is 0.239 e. The van der Waals surface area contributed by atoms with Gasteiger partial charge in [-0.2, -0.15) is 0 Å². The molecule has 0 bridgehead atoms. The molecule has 2 aliphatic heterocycles. The highest BCUT2D eigenvalue weighted by molar-refractivity contribution is 5.85. The lowest BCUT2D eigenvalue weighted by atomic mass is 9.91. The fraction of sp³-hybridized carbons (Fsp3) is 0.632. The Morgan fingerprint density at radius 2 is 1.80 bits per heavy atom. The number of likely N-dealkylation sites (tertiary alicyclic amines) is 1. The molecule has 6 heteroatoms. The Hall–Kier alpha value is -1.14. The molecule has 0 aromatic heterocycles. The Labute approximate surface area is 156 Å². The van der Waals surface area contributed by atoms with Crippen LogP contribution in [0.5, 0.6) is 0 Å². The number of nitrogens with two attached hydrogens (primary N) is 1. The van der Waals surface area contributed by atoms with E-state index in [1.165, 1.54) is 5.56 Å². The van der Waals surface area contributed by atoms with Gasteiger partial charge < -0.3 is 20.1 Å². The third kappa shape index (κ3) is 5.68. The first-order valence-corrected chi connectivity index (χ1v) is 9.01. The average molecular weight is 369 g/mol. The zero-order valence-electron chi connectivity index (χ0n) is 14.6. The summed E-state index contributed by atoms with van der Waals surface area (Å²) in [5.74, 6) is 0.363. The highest BCUT2D eigenvalue weighted by Gasteiger charge is 2.32. The van der Waals surface area contributed by atoms with Gasteiger partial charge in [-0.3, -0.25) is 4.79 Å². The Morgan fingerprint density at radius 3 is 2.44 bits per heavy atom. The van der Waals surface area contributed by atoms with Gasteiger partial charge in [0.15, 0.2) is 0 Å². The van der Waals surface area contributed by atoms with Crippen molar-refractivity contribution in [3.05, 3.63) is 35.9 Å². The van der Waals surface area contributed by atoms with Crippen LogP contribution in [0.1, 0.15) is 31.2 Å². The summed E-state index contributed by atoms with van der Waals surface area (Å²) in [7, 11) is 0. The summed E-state index contributed by atoms with van der Waals surface area (Å²) in [6.45, 7) is 3.58. The first kappa shape index (κ1) is 20.2. The van der Waals surface area contributed by atoms with Gasteiger partial charge in [0.2, 0.25) is 5.91 Å². The summed E-state index contributed by atoms with van der Waals surface area (Å²) in [6.07, 6.45) is 3.79. The first-order chi connectivity index (χ1) is 11.7. The molecule has 25 heavy (non-hydrogen) atoms. The standard InChI is InChI=1S/C19H28N2O3.ClH/c20-18(16-8-12-23-13-9-16)19(22)21-10-6-17(7-11-21)24-14-15-4-2-1-3-5-15;/h1-5,16-18H,6-14,20H2;1H. The summed E-state index contributed by atoms with van der Waals surface area (Å²) >= 11 is 0. The fourth-order valence-corrected chi connectivity index (χ4v) is 3.52. The molecule has 2 fully saturated rings. The SMILES string of the molecule is Cl.NC(C(=O)N1CCC(OCc2ccccc2)CC1)C1CCOCC1. The molecule has 0 aliphatic carbocycles. The Bertz CT molecular complexity index is 515. The quantitative estimate of drug-likeness (QED) is 0.866. The molecule has 2 N–H and O–H groups in total. The Balaban J connectivity index is 0.00000225. The van der Waals surface area contributed by atoms with Crippen molar-refractivity contribution in [3.8, 4) is 0 Å². The highest BCUT2D eigenvalue weighted by atomic mass is 35.5. The van der Waals surface area contributed by atoms with Crippen LogP contribution in [-0.4, -0.2) is 49.3 Å². The monoisotopic (exact) mass is 368 g/mol. The molecule has 1 unspecified atom stereocenters. The van der Waals surface area contributed by atoms with Crippen molar-refractivity contribution in [3.63, 3.8) is 0 Å². The molecule has 1 aromatic rings. The van der Waals surface area contributed by atoms with Crippen molar-refractivity contribution in [1.82, 2.24) is 4.90 Å². The van der Waals surface area contributed by atoms with Crippen molar-refractivity contribution in [2.45, 2.75) is 44.4 Å². The minimum absolute atomic E-state index is 0. The number of carbonyl (C=O) groups is 1. The average Bonchev–Trinajstić information content (AvgIpc) is 2.67. The lowest BCUT2D eigenvalue weighted by molar-refractivity contribution is -0.137. The topological polar surface area (TPSA) is 64.8 Å². The molecule has 2 aliphatic rings. The highest BCUT2D eigenvalue weighted by Crippen LogP contribution is 2.21. The number of carbonyl (C=O) groups excluding carboxylic acids is 1. The van der Waals surface area contributed by atoms with Crippen LogP contribution in [0.2, 0.25) is 0 Å². The third-order valence-corrected chi connectivity index (χ3v) is 5.14. The molecule has 140 valence electrons. The van der Waals surface area contributed by atoms with Crippen molar-refractivity contribution < 1.29 is 14.3 Å². The van der Waals surface area contributed by atoms with E-state index in [4.69, 9.17) is 15.2 Å². The van der Waals surface area contributed by atoms with Crippen LogP contribution >= 0.6 is 12.4 Å². The molecule has 0 saturated carbocycles. The zero-order valence-corrected chi connectivity index (χ0v) is 15.5. The van der Waals surface area contributed by atoms with Gasteiger partial charge >= 0.3 is 0 Å². The van der Waals surface area contributed by atoms with Crippen molar-refractivity contribution >= 4 is 18.3 Å². The predicted octanol–water partition coefficient (Wildman–Crippen LogP) is 2.37.